The number of alkyl halides is 14. The number of rotatable bonds is 7. The molecule has 6 nitrogen and oxygen atoms in total. The summed E-state index contributed by atoms with van der Waals surface area (Å²) in [5.74, 6) is -26.0. The first kappa shape index (κ1) is 40.3. The highest BCUT2D eigenvalue weighted by molar-refractivity contribution is 7.88. The molecule has 0 amide bonds. The van der Waals surface area contributed by atoms with Gasteiger partial charge in [-0.05, 0) is 79.4 Å². The van der Waals surface area contributed by atoms with Crippen molar-refractivity contribution in [1.82, 2.24) is 0 Å². The fraction of sp³-hybridized carbons (Fsp3) is 0.750. The van der Waals surface area contributed by atoms with Gasteiger partial charge < -0.3 is 18.8 Å². The molecule has 0 radical (unpaired) electrons. The molecule has 1 heterocycles. The minimum absolute atomic E-state index is 0.0876. The van der Waals surface area contributed by atoms with Crippen LogP contribution in [-0.2, 0) is 19.6 Å². The van der Waals surface area contributed by atoms with Crippen LogP contribution < -0.4 is 4.18 Å². The largest absolute Gasteiger partial charge is 0.460 e. The first-order valence-electron chi connectivity index (χ1n) is 16.4. The Bertz CT molecular complexity index is 1720. The predicted octanol–water partition coefficient (Wildman–Crippen LogP) is 8.76. The van der Waals surface area contributed by atoms with Crippen LogP contribution in [0.2, 0.25) is 0 Å². The Morgan fingerprint density at radius 2 is 1.38 bits per heavy atom. The van der Waals surface area contributed by atoms with Crippen LogP contribution in [0, 0.1) is 29.1 Å². The second-order valence-electron chi connectivity index (χ2n) is 14.8. The molecule has 1 saturated heterocycles. The van der Waals surface area contributed by atoms with Gasteiger partial charge in [0, 0.05) is 18.3 Å². The van der Waals surface area contributed by atoms with Crippen molar-refractivity contribution in [2.45, 2.75) is 105 Å². The van der Waals surface area contributed by atoms with E-state index >= 15 is 8.78 Å². The normalized spacial score (nSPS) is 34.0. The maximum atomic E-state index is 15.2. The van der Waals surface area contributed by atoms with Crippen LogP contribution in [0.25, 0.3) is 0 Å². The fourth-order valence-corrected chi connectivity index (χ4v) is 10.6. The zero-order chi connectivity index (χ0) is 39.6. The third-order valence-electron chi connectivity index (χ3n) is 12.2. The summed E-state index contributed by atoms with van der Waals surface area (Å²) in [6, 6.07) is 3.04. The van der Waals surface area contributed by atoms with E-state index in [0.717, 1.165) is 24.6 Å². The number of aliphatic hydroxyl groups is 1. The summed E-state index contributed by atoms with van der Waals surface area (Å²) in [5.41, 5.74) is -4.71. The molecule has 1 aromatic carbocycles. The molecule has 1 aromatic rings. The second kappa shape index (κ2) is 12.1. The summed E-state index contributed by atoms with van der Waals surface area (Å²) < 4.78 is 233. The number of halogens is 14. The number of ether oxygens (including phenoxy) is 2. The van der Waals surface area contributed by atoms with E-state index in [0.29, 0.717) is 44.6 Å². The molecule has 300 valence electrons. The maximum absolute atomic E-state index is 15.2. The maximum Gasteiger partial charge on any atom is 0.460 e. The first-order chi connectivity index (χ1) is 24.0. The standard InChI is InChI=1S/C32H32F14O6S/c1-24-15-21(16-2-5-18(6-3-16)52-53(48,49)32(45,46)29(37,38)28(35,36)31(42,43)44)23-19-8-10-25(50-12-13-51-25)14-17(19)4-7-20(23)22(24)9-11-26(24,47)27(33,34)30(39,40)41/h2-6,19-23,47H,7-15H2,1H3/t19-,20-,21?,22-,23+,24-,26?/m0/s1. The minimum atomic E-state index is -7.55. The summed E-state index contributed by atoms with van der Waals surface area (Å²) in [7, 11) is -7.28. The van der Waals surface area contributed by atoms with E-state index < -0.39 is 105 Å². The van der Waals surface area contributed by atoms with Crippen molar-refractivity contribution in [3.8, 4) is 5.75 Å². The predicted molar refractivity (Wildman–Crippen MR) is 153 cm³/mol. The third-order valence-corrected chi connectivity index (χ3v) is 13.5. The highest BCUT2D eigenvalue weighted by atomic mass is 32.2. The average Bonchev–Trinajstić information content (AvgIpc) is 3.60. The average molecular weight is 811 g/mol. The van der Waals surface area contributed by atoms with Crippen LogP contribution >= 0.6 is 0 Å². The van der Waals surface area contributed by atoms with Gasteiger partial charge in [-0.15, -0.1) is 0 Å². The van der Waals surface area contributed by atoms with Crippen LogP contribution in [0.5, 0.6) is 5.75 Å². The molecule has 4 fully saturated rings. The Labute approximate surface area is 292 Å². The second-order valence-corrected chi connectivity index (χ2v) is 16.3. The molecular weight excluding hydrogens is 778 g/mol. The van der Waals surface area contributed by atoms with Crippen LogP contribution in [0.1, 0.15) is 63.4 Å². The number of fused-ring (bicyclic) bond motifs is 5. The van der Waals surface area contributed by atoms with E-state index in [4.69, 9.17) is 9.47 Å². The Balaban J connectivity index is 1.36. The van der Waals surface area contributed by atoms with Crippen LogP contribution in [0.4, 0.5) is 61.5 Å². The summed E-state index contributed by atoms with van der Waals surface area (Å²) in [5, 5.41) is 4.26. The molecule has 4 aliphatic carbocycles. The highest BCUT2D eigenvalue weighted by Crippen LogP contribution is 2.71. The monoisotopic (exact) mass is 810 g/mol. The van der Waals surface area contributed by atoms with Crippen LogP contribution in [0.15, 0.2) is 35.9 Å². The molecule has 53 heavy (non-hydrogen) atoms. The molecule has 7 atom stereocenters. The van der Waals surface area contributed by atoms with Gasteiger partial charge in [0.2, 0.25) is 0 Å². The van der Waals surface area contributed by atoms with Crippen molar-refractivity contribution in [3.05, 3.63) is 41.5 Å². The van der Waals surface area contributed by atoms with Gasteiger partial charge >= 0.3 is 45.5 Å². The molecule has 1 N–H and O–H groups in total. The van der Waals surface area contributed by atoms with Crippen molar-refractivity contribution in [2.75, 3.05) is 13.2 Å². The Morgan fingerprint density at radius 1 is 0.792 bits per heavy atom. The molecule has 1 spiro atoms. The van der Waals surface area contributed by atoms with Crippen molar-refractivity contribution < 1.29 is 88.6 Å². The fourth-order valence-electron chi connectivity index (χ4n) is 9.68. The molecule has 0 bridgehead atoms. The van der Waals surface area contributed by atoms with Crippen molar-refractivity contribution in [2.24, 2.45) is 29.1 Å². The third kappa shape index (κ3) is 5.61. The van der Waals surface area contributed by atoms with Crippen molar-refractivity contribution in [3.63, 3.8) is 0 Å². The van der Waals surface area contributed by atoms with E-state index in [1.165, 1.54) is 0 Å². The topological polar surface area (TPSA) is 82.1 Å². The van der Waals surface area contributed by atoms with Gasteiger partial charge in [0.1, 0.15) is 11.4 Å². The summed E-state index contributed by atoms with van der Waals surface area (Å²) in [6.45, 7) is 1.79. The Morgan fingerprint density at radius 3 is 1.92 bits per heavy atom. The van der Waals surface area contributed by atoms with Gasteiger partial charge in [-0.1, -0.05) is 30.7 Å². The number of hydrogen-bond donors (Lipinski definition) is 1. The van der Waals surface area contributed by atoms with E-state index in [-0.39, 0.29) is 24.3 Å². The Hall–Kier alpha value is -2.39. The van der Waals surface area contributed by atoms with Gasteiger partial charge in [-0.3, -0.25) is 0 Å². The van der Waals surface area contributed by atoms with Crippen molar-refractivity contribution >= 4 is 10.1 Å². The molecule has 3 saturated carbocycles. The molecule has 1 aliphatic heterocycles. The number of hydrogen-bond acceptors (Lipinski definition) is 6. The summed E-state index contributed by atoms with van der Waals surface area (Å²) >= 11 is 0. The molecule has 5 aliphatic rings. The molecule has 6 rings (SSSR count). The molecule has 0 aromatic heterocycles. The molecule has 21 heteroatoms. The van der Waals surface area contributed by atoms with Crippen molar-refractivity contribution in [1.29, 1.82) is 0 Å². The van der Waals surface area contributed by atoms with E-state index in [1.54, 1.807) is 0 Å². The lowest BCUT2D eigenvalue weighted by Crippen LogP contribution is -2.66. The zero-order valence-electron chi connectivity index (χ0n) is 27.3. The van der Waals surface area contributed by atoms with Gasteiger partial charge in [-0.2, -0.15) is 69.9 Å². The van der Waals surface area contributed by atoms with Gasteiger partial charge in [0.15, 0.2) is 5.79 Å². The number of benzene rings is 1. The zero-order valence-corrected chi connectivity index (χ0v) is 28.1. The van der Waals surface area contributed by atoms with Crippen LogP contribution in [0.3, 0.4) is 0 Å². The lowest BCUT2D eigenvalue weighted by atomic mass is 9.46. The van der Waals surface area contributed by atoms with E-state index in [2.05, 4.69) is 4.18 Å². The molecule has 2 unspecified atom stereocenters. The first-order valence-corrected chi connectivity index (χ1v) is 17.8. The van der Waals surface area contributed by atoms with Gasteiger partial charge in [0.25, 0.3) is 0 Å². The minimum Gasteiger partial charge on any atom is -0.383 e. The van der Waals surface area contributed by atoms with Crippen LogP contribution in [-0.4, -0.2) is 73.5 Å². The summed E-state index contributed by atoms with van der Waals surface area (Å²) in [6.07, 6.45) is -11.8. The lowest BCUT2D eigenvalue weighted by Gasteiger charge is -2.59. The van der Waals surface area contributed by atoms with Gasteiger partial charge in [0.05, 0.1) is 13.2 Å². The SMILES string of the molecule is C[C@]12CC(c3ccc(OS(=O)(=O)C(F)(F)C(F)(F)C(F)(F)C(F)(F)F)cc3)[C@H]3[C@@H](CC=C4CC5(CC[C@@H]43)OCCO5)[C@@H]1CCC2(O)C(F)(F)C(F)(F)F. The highest BCUT2D eigenvalue weighted by Gasteiger charge is 2.86. The Kier molecular flexibility index (Phi) is 9.16. The number of allylic oxidation sites excluding steroid dienone is 1. The molecular formula is C32H32F14O6S. The van der Waals surface area contributed by atoms with E-state index in [1.807, 2.05) is 6.08 Å². The van der Waals surface area contributed by atoms with Gasteiger partial charge in [-0.25, -0.2) is 0 Å². The quantitative estimate of drug-likeness (QED) is 0.169. The van der Waals surface area contributed by atoms with E-state index in [9.17, 15) is 66.2 Å². The summed E-state index contributed by atoms with van der Waals surface area (Å²) in [4.78, 5) is 0. The lowest BCUT2D eigenvalue weighted by molar-refractivity contribution is -0.382. The smallest absolute Gasteiger partial charge is 0.383 e.